The fourth-order valence-corrected chi connectivity index (χ4v) is 3.49. The molecular formula is C21H29N3O2. The number of amides is 1. The van der Waals surface area contributed by atoms with Gasteiger partial charge in [0.05, 0.1) is 5.92 Å². The first-order valence-electron chi connectivity index (χ1n) is 9.71. The molecule has 0 aliphatic carbocycles. The van der Waals surface area contributed by atoms with E-state index in [0.717, 1.165) is 75.2 Å². The predicted octanol–water partition coefficient (Wildman–Crippen LogP) is 3.51. The maximum atomic E-state index is 12.4. The molecule has 1 unspecified atom stereocenters. The normalized spacial score (nSPS) is 17.2. The molecule has 0 radical (unpaired) electrons. The molecule has 3 rings (SSSR count). The molecule has 0 saturated carbocycles. The lowest BCUT2D eigenvalue weighted by Crippen LogP contribution is -2.41. The second kappa shape index (κ2) is 9.53. The average Bonchev–Trinajstić information content (AvgIpc) is 3.17. The van der Waals surface area contributed by atoms with E-state index < -0.39 is 0 Å². The number of aryl methyl sites for hydroxylation is 1. The zero-order chi connectivity index (χ0) is 18.2. The molecule has 1 aromatic heterocycles. The van der Waals surface area contributed by atoms with Crippen molar-refractivity contribution in [2.75, 3.05) is 26.7 Å². The van der Waals surface area contributed by atoms with Gasteiger partial charge >= 0.3 is 0 Å². The highest BCUT2D eigenvalue weighted by atomic mass is 16.5. The molecule has 2 aromatic rings. The number of carbonyl (C=O) groups excluding carboxylic acids is 1. The Balaban J connectivity index is 1.34. The molecule has 1 aliphatic heterocycles. The molecule has 140 valence electrons. The second-order valence-corrected chi connectivity index (χ2v) is 7.16. The van der Waals surface area contributed by atoms with Crippen LogP contribution < -0.4 is 5.32 Å². The van der Waals surface area contributed by atoms with Crippen molar-refractivity contribution in [3.05, 3.63) is 42.2 Å². The summed E-state index contributed by atoms with van der Waals surface area (Å²) in [5.41, 5.74) is 1.98. The first-order chi connectivity index (χ1) is 12.7. The van der Waals surface area contributed by atoms with Crippen LogP contribution in [-0.2, 0) is 11.2 Å². The standard InChI is InChI=1S/C21H29N3O2/c1-24(21(25)18-11-8-13-22-16-18)14-7-3-6-12-19-15-20(23-26-19)17-9-4-2-5-10-17/h2,4-5,9-10,15,18,22H,3,6-8,11-14,16H2,1H3. The van der Waals surface area contributed by atoms with E-state index >= 15 is 0 Å². The summed E-state index contributed by atoms with van der Waals surface area (Å²) in [5, 5.41) is 7.47. The molecule has 2 heterocycles. The van der Waals surface area contributed by atoms with E-state index in [9.17, 15) is 4.79 Å². The Morgan fingerprint density at radius 2 is 2.12 bits per heavy atom. The maximum Gasteiger partial charge on any atom is 0.226 e. The molecule has 1 aliphatic rings. The van der Waals surface area contributed by atoms with Crippen LogP contribution in [0.5, 0.6) is 0 Å². The summed E-state index contributed by atoms with van der Waals surface area (Å²) < 4.78 is 5.44. The maximum absolute atomic E-state index is 12.4. The summed E-state index contributed by atoms with van der Waals surface area (Å²) in [7, 11) is 1.93. The van der Waals surface area contributed by atoms with Crippen molar-refractivity contribution < 1.29 is 9.32 Å². The van der Waals surface area contributed by atoms with Crippen molar-refractivity contribution in [1.82, 2.24) is 15.4 Å². The zero-order valence-electron chi connectivity index (χ0n) is 15.6. The van der Waals surface area contributed by atoms with Crippen LogP contribution in [0.15, 0.2) is 40.9 Å². The van der Waals surface area contributed by atoms with E-state index in [1.807, 2.05) is 48.3 Å². The molecule has 5 nitrogen and oxygen atoms in total. The average molecular weight is 355 g/mol. The quantitative estimate of drug-likeness (QED) is 0.736. The van der Waals surface area contributed by atoms with E-state index in [-0.39, 0.29) is 5.92 Å². The Labute approximate surface area is 155 Å². The lowest BCUT2D eigenvalue weighted by molar-refractivity contribution is -0.134. The minimum Gasteiger partial charge on any atom is -0.361 e. The molecule has 1 saturated heterocycles. The SMILES string of the molecule is CN(CCCCCc1cc(-c2ccccc2)no1)C(=O)C1CCCNC1. The Hall–Kier alpha value is -2.14. The predicted molar refractivity (Wildman–Crippen MR) is 103 cm³/mol. The van der Waals surface area contributed by atoms with Gasteiger partial charge < -0.3 is 14.7 Å². The fraction of sp³-hybridized carbons (Fsp3) is 0.524. The van der Waals surface area contributed by atoms with Crippen molar-refractivity contribution in [2.45, 2.75) is 38.5 Å². The number of carbonyl (C=O) groups is 1. The van der Waals surface area contributed by atoms with E-state index in [1.165, 1.54) is 0 Å². The molecule has 0 spiro atoms. The van der Waals surface area contributed by atoms with Gasteiger partial charge in [-0.1, -0.05) is 41.9 Å². The van der Waals surface area contributed by atoms with Gasteiger partial charge in [-0.15, -0.1) is 0 Å². The number of aromatic nitrogens is 1. The van der Waals surface area contributed by atoms with Gasteiger partial charge in [0.1, 0.15) is 11.5 Å². The number of piperidine rings is 1. The molecule has 1 atom stereocenters. The Bertz CT molecular complexity index is 678. The highest BCUT2D eigenvalue weighted by molar-refractivity contribution is 5.78. The Kier molecular flexibility index (Phi) is 6.83. The van der Waals surface area contributed by atoms with Crippen molar-refractivity contribution >= 4 is 5.91 Å². The van der Waals surface area contributed by atoms with Gasteiger partial charge in [-0.2, -0.15) is 0 Å². The van der Waals surface area contributed by atoms with Crippen molar-refractivity contribution in [2.24, 2.45) is 5.92 Å². The summed E-state index contributed by atoms with van der Waals surface area (Å²) in [5.74, 6) is 1.39. The number of hydrogen-bond donors (Lipinski definition) is 1. The molecule has 5 heteroatoms. The van der Waals surface area contributed by atoms with Gasteiger partial charge in [0.15, 0.2) is 0 Å². The lowest BCUT2D eigenvalue weighted by atomic mass is 9.98. The largest absolute Gasteiger partial charge is 0.361 e. The van der Waals surface area contributed by atoms with Crippen LogP contribution in [0.25, 0.3) is 11.3 Å². The third-order valence-electron chi connectivity index (χ3n) is 5.07. The molecular weight excluding hydrogens is 326 g/mol. The monoisotopic (exact) mass is 355 g/mol. The minimum atomic E-state index is 0.166. The summed E-state index contributed by atoms with van der Waals surface area (Å²) in [4.78, 5) is 14.3. The van der Waals surface area contributed by atoms with E-state index in [1.54, 1.807) is 0 Å². The summed E-state index contributed by atoms with van der Waals surface area (Å²) in [6.45, 7) is 2.71. The van der Waals surface area contributed by atoms with E-state index in [2.05, 4.69) is 10.5 Å². The third kappa shape index (κ3) is 5.18. The Morgan fingerprint density at radius 3 is 2.88 bits per heavy atom. The van der Waals surface area contributed by atoms with Gasteiger partial charge in [0.2, 0.25) is 5.91 Å². The van der Waals surface area contributed by atoms with Crippen LogP contribution in [-0.4, -0.2) is 42.6 Å². The second-order valence-electron chi connectivity index (χ2n) is 7.16. The van der Waals surface area contributed by atoms with Crippen LogP contribution >= 0.6 is 0 Å². The van der Waals surface area contributed by atoms with Gasteiger partial charge in [-0.05, 0) is 32.2 Å². The van der Waals surface area contributed by atoms with E-state index in [0.29, 0.717) is 5.91 Å². The molecule has 26 heavy (non-hydrogen) atoms. The van der Waals surface area contributed by atoms with Gasteiger partial charge in [-0.25, -0.2) is 0 Å². The Morgan fingerprint density at radius 1 is 1.27 bits per heavy atom. The van der Waals surface area contributed by atoms with E-state index in [4.69, 9.17) is 4.52 Å². The minimum absolute atomic E-state index is 0.166. The molecule has 0 bridgehead atoms. The van der Waals surface area contributed by atoms with Crippen molar-refractivity contribution in [1.29, 1.82) is 0 Å². The van der Waals surface area contributed by atoms with Crippen molar-refractivity contribution in [3.8, 4) is 11.3 Å². The van der Waals surface area contributed by atoms with Gasteiger partial charge in [-0.3, -0.25) is 4.79 Å². The van der Waals surface area contributed by atoms with Crippen LogP contribution in [0.2, 0.25) is 0 Å². The lowest BCUT2D eigenvalue weighted by Gasteiger charge is -2.27. The van der Waals surface area contributed by atoms with Crippen LogP contribution in [0, 0.1) is 5.92 Å². The van der Waals surface area contributed by atoms with Crippen LogP contribution in [0.4, 0.5) is 0 Å². The number of hydrogen-bond acceptors (Lipinski definition) is 4. The van der Waals surface area contributed by atoms with Crippen molar-refractivity contribution in [3.63, 3.8) is 0 Å². The molecule has 1 aromatic carbocycles. The third-order valence-corrected chi connectivity index (χ3v) is 5.07. The number of benzene rings is 1. The molecule has 1 fully saturated rings. The number of nitrogens with one attached hydrogen (secondary N) is 1. The molecule has 1 N–H and O–H groups in total. The highest BCUT2D eigenvalue weighted by Crippen LogP contribution is 2.20. The smallest absolute Gasteiger partial charge is 0.226 e. The fourth-order valence-electron chi connectivity index (χ4n) is 3.49. The highest BCUT2D eigenvalue weighted by Gasteiger charge is 2.23. The summed E-state index contributed by atoms with van der Waals surface area (Å²) >= 11 is 0. The number of rotatable bonds is 8. The van der Waals surface area contributed by atoms with Crippen LogP contribution in [0.3, 0.4) is 0 Å². The van der Waals surface area contributed by atoms with Crippen LogP contribution in [0.1, 0.15) is 37.9 Å². The topological polar surface area (TPSA) is 58.4 Å². The number of nitrogens with zero attached hydrogens (tertiary/aromatic N) is 2. The van der Waals surface area contributed by atoms with Gasteiger partial charge in [0, 0.05) is 38.2 Å². The van der Waals surface area contributed by atoms with Gasteiger partial charge in [0.25, 0.3) is 0 Å². The first kappa shape index (κ1) is 18.6. The zero-order valence-corrected chi connectivity index (χ0v) is 15.6. The molecule has 1 amide bonds. The first-order valence-corrected chi connectivity index (χ1v) is 9.71. The number of unbranched alkanes of at least 4 members (excludes halogenated alkanes) is 2. The summed E-state index contributed by atoms with van der Waals surface area (Å²) in [6, 6.07) is 12.1. The summed E-state index contributed by atoms with van der Waals surface area (Å²) in [6.07, 6.45) is 6.18.